The molecular weight excluding hydrogens is 407 g/mol. The van der Waals surface area contributed by atoms with Gasteiger partial charge in [0.2, 0.25) is 5.91 Å². The standard InChI is InChI=1S/C22H27FN2O4S/c1-16-5-3-4-6-21(16)24-22(26)15-25(18-9-11-19(29-2)12-10-18)30(27,28)20-13-7-17(23)8-14-20/h7-14,16,21H,3-6,15H2,1-2H3,(H,24,26). The van der Waals surface area contributed by atoms with Crippen molar-refractivity contribution in [3.8, 4) is 5.75 Å². The predicted molar refractivity (Wildman–Crippen MR) is 113 cm³/mol. The third kappa shape index (κ3) is 5.11. The van der Waals surface area contributed by atoms with Gasteiger partial charge in [0, 0.05) is 6.04 Å². The zero-order valence-corrected chi connectivity index (χ0v) is 18.0. The first-order valence-electron chi connectivity index (χ1n) is 10.0. The molecule has 1 saturated carbocycles. The number of carbonyl (C=O) groups excluding carboxylic acids is 1. The Kier molecular flexibility index (Phi) is 6.97. The van der Waals surface area contributed by atoms with Gasteiger partial charge >= 0.3 is 0 Å². The normalized spacial score (nSPS) is 19.2. The van der Waals surface area contributed by atoms with Crippen LogP contribution in [0.2, 0.25) is 0 Å². The third-order valence-electron chi connectivity index (χ3n) is 5.51. The van der Waals surface area contributed by atoms with Crippen LogP contribution in [0.15, 0.2) is 53.4 Å². The Labute approximate surface area is 177 Å². The monoisotopic (exact) mass is 434 g/mol. The Morgan fingerprint density at radius 2 is 1.73 bits per heavy atom. The lowest BCUT2D eigenvalue weighted by Gasteiger charge is -2.31. The number of nitrogens with zero attached hydrogens (tertiary/aromatic N) is 1. The summed E-state index contributed by atoms with van der Waals surface area (Å²) in [5.41, 5.74) is 0.326. The molecule has 0 radical (unpaired) electrons. The van der Waals surface area contributed by atoms with Crippen molar-refractivity contribution >= 4 is 21.6 Å². The number of ether oxygens (including phenoxy) is 1. The average Bonchev–Trinajstić information content (AvgIpc) is 2.74. The fourth-order valence-electron chi connectivity index (χ4n) is 3.71. The predicted octanol–water partition coefficient (Wildman–Crippen LogP) is 3.72. The number of carbonyl (C=O) groups is 1. The van der Waals surface area contributed by atoms with Crippen LogP contribution in [-0.4, -0.2) is 34.0 Å². The highest BCUT2D eigenvalue weighted by Gasteiger charge is 2.29. The van der Waals surface area contributed by atoms with Crippen LogP contribution in [0.4, 0.5) is 10.1 Å². The van der Waals surface area contributed by atoms with Crippen LogP contribution in [0, 0.1) is 11.7 Å². The second-order valence-electron chi connectivity index (χ2n) is 7.60. The lowest BCUT2D eigenvalue weighted by Crippen LogP contribution is -2.47. The highest BCUT2D eigenvalue weighted by molar-refractivity contribution is 7.92. The number of anilines is 1. The Balaban J connectivity index is 1.88. The van der Waals surface area contributed by atoms with E-state index in [0.29, 0.717) is 17.4 Å². The van der Waals surface area contributed by atoms with Crippen molar-refractivity contribution in [2.75, 3.05) is 18.0 Å². The van der Waals surface area contributed by atoms with Gasteiger partial charge in [-0.05, 0) is 67.3 Å². The molecule has 1 aliphatic carbocycles. The summed E-state index contributed by atoms with van der Waals surface area (Å²) < 4.78 is 46.0. The van der Waals surface area contributed by atoms with E-state index in [4.69, 9.17) is 4.74 Å². The first kappa shape index (κ1) is 22.1. The zero-order chi connectivity index (χ0) is 21.7. The molecule has 1 fully saturated rings. The number of nitrogens with one attached hydrogen (secondary N) is 1. The largest absolute Gasteiger partial charge is 0.497 e. The molecule has 162 valence electrons. The van der Waals surface area contributed by atoms with E-state index in [1.54, 1.807) is 24.3 Å². The molecule has 1 amide bonds. The summed E-state index contributed by atoms with van der Waals surface area (Å²) in [5, 5.41) is 2.99. The van der Waals surface area contributed by atoms with Gasteiger partial charge in [-0.25, -0.2) is 12.8 Å². The fourth-order valence-corrected chi connectivity index (χ4v) is 5.13. The maximum atomic E-state index is 13.3. The number of hydrogen-bond acceptors (Lipinski definition) is 4. The maximum absolute atomic E-state index is 13.3. The molecule has 1 N–H and O–H groups in total. The molecule has 0 bridgehead atoms. The molecule has 2 atom stereocenters. The van der Waals surface area contributed by atoms with Gasteiger partial charge < -0.3 is 10.1 Å². The first-order chi connectivity index (χ1) is 14.3. The summed E-state index contributed by atoms with van der Waals surface area (Å²) in [7, 11) is -2.56. The molecule has 1 aliphatic rings. The third-order valence-corrected chi connectivity index (χ3v) is 7.30. The highest BCUT2D eigenvalue weighted by atomic mass is 32.2. The Morgan fingerprint density at radius 1 is 1.10 bits per heavy atom. The molecule has 0 aromatic heterocycles. The maximum Gasteiger partial charge on any atom is 0.264 e. The second kappa shape index (κ2) is 9.47. The number of sulfonamides is 1. The van der Waals surface area contributed by atoms with E-state index in [1.807, 2.05) is 0 Å². The van der Waals surface area contributed by atoms with Crippen LogP contribution >= 0.6 is 0 Å². The van der Waals surface area contributed by atoms with Crippen LogP contribution in [0.5, 0.6) is 5.75 Å². The number of hydrogen-bond donors (Lipinski definition) is 1. The molecule has 30 heavy (non-hydrogen) atoms. The summed E-state index contributed by atoms with van der Waals surface area (Å²) >= 11 is 0. The minimum Gasteiger partial charge on any atom is -0.497 e. The van der Waals surface area contributed by atoms with Gasteiger partial charge in [-0.15, -0.1) is 0 Å². The SMILES string of the molecule is COc1ccc(N(CC(=O)NC2CCCCC2C)S(=O)(=O)c2ccc(F)cc2)cc1. The van der Waals surface area contributed by atoms with E-state index in [9.17, 15) is 17.6 Å². The number of amides is 1. The van der Waals surface area contributed by atoms with Crippen molar-refractivity contribution in [1.82, 2.24) is 5.32 Å². The number of rotatable bonds is 7. The van der Waals surface area contributed by atoms with E-state index in [2.05, 4.69) is 12.2 Å². The first-order valence-corrected chi connectivity index (χ1v) is 11.5. The van der Waals surface area contributed by atoms with Gasteiger partial charge in [-0.1, -0.05) is 19.8 Å². The van der Waals surface area contributed by atoms with Crippen molar-refractivity contribution in [1.29, 1.82) is 0 Å². The van der Waals surface area contributed by atoms with Crippen LogP contribution < -0.4 is 14.4 Å². The smallest absolute Gasteiger partial charge is 0.264 e. The zero-order valence-electron chi connectivity index (χ0n) is 17.2. The van der Waals surface area contributed by atoms with Crippen molar-refractivity contribution in [3.63, 3.8) is 0 Å². The van der Waals surface area contributed by atoms with Gasteiger partial charge in [-0.3, -0.25) is 9.10 Å². The molecule has 0 spiro atoms. The highest BCUT2D eigenvalue weighted by Crippen LogP contribution is 2.27. The van der Waals surface area contributed by atoms with Gasteiger partial charge in [-0.2, -0.15) is 0 Å². The molecule has 6 nitrogen and oxygen atoms in total. The summed E-state index contributed by atoms with van der Waals surface area (Å²) in [6, 6.07) is 11.0. The Bertz CT molecular complexity index is 962. The minimum absolute atomic E-state index is 0.0393. The molecule has 3 rings (SSSR count). The van der Waals surface area contributed by atoms with Crippen LogP contribution in [0.3, 0.4) is 0 Å². The number of halogens is 1. The van der Waals surface area contributed by atoms with Crippen molar-refractivity contribution in [2.24, 2.45) is 5.92 Å². The van der Waals surface area contributed by atoms with Crippen LogP contribution in [-0.2, 0) is 14.8 Å². The van der Waals surface area contributed by atoms with Crippen molar-refractivity contribution in [3.05, 3.63) is 54.3 Å². The van der Waals surface area contributed by atoms with Gasteiger partial charge in [0.15, 0.2) is 0 Å². The van der Waals surface area contributed by atoms with Crippen molar-refractivity contribution < 1.29 is 22.3 Å². The molecule has 0 heterocycles. The second-order valence-corrected chi connectivity index (χ2v) is 9.46. The number of methoxy groups -OCH3 is 1. The average molecular weight is 435 g/mol. The Morgan fingerprint density at radius 3 is 2.33 bits per heavy atom. The van der Waals surface area contributed by atoms with E-state index in [-0.39, 0.29) is 23.4 Å². The summed E-state index contributed by atoms with van der Waals surface area (Å²) in [4.78, 5) is 12.7. The molecule has 0 aliphatic heterocycles. The lowest BCUT2D eigenvalue weighted by atomic mass is 9.86. The quantitative estimate of drug-likeness (QED) is 0.721. The lowest BCUT2D eigenvalue weighted by molar-refractivity contribution is -0.120. The van der Waals surface area contributed by atoms with Crippen LogP contribution in [0.1, 0.15) is 32.6 Å². The van der Waals surface area contributed by atoms with Crippen LogP contribution in [0.25, 0.3) is 0 Å². The van der Waals surface area contributed by atoms with Gasteiger partial charge in [0.1, 0.15) is 18.1 Å². The summed E-state index contributed by atoms with van der Waals surface area (Å²) in [6.45, 7) is 1.73. The minimum atomic E-state index is -4.07. The van der Waals surface area contributed by atoms with E-state index in [1.165, 1.54) is 19.2 Å². The molecule has 2 unspecified atom stereocenters. The number of benzene rings is 2. The van der Waals surface area contributed by atoms with Crippen molar-refractivity contribution in [2.45, 2.75) is 43.5 Å². The molecule has 0 saturated heterocycles. The fraction of sp³-hybridized carbons (Fsp3) is 0.409. The van der Waals surface area contributed by atoms with E-state index in [0.717, 1.165) is 42.1 Å². The van der Waals surface area contributed by atoms with Gasteiger partial charge in [0.05, 0.1) is 17.7 Å². The summed E-state index contributed by atoms with van der Waals surface area (Å²) in [6.07, 6.45) is 4.12. The van der Waals surface area contributed by atoms with E-state index >= 15 is 0 Å². The summed E-state index contributed by atoms with van der Waals surface area (Å²) in [5.74, 6) is 0.0217. The van der Waals surface area contributed by atoms with E-state index < -0.39 is 15.8 Å². The molecule has 2 aromatic carbocycles. The molecule has 8 heteroatoms. The topological polar surface area (TPSA) is 75.7 Å². The molecule has 2 aromatic rings. The molecular formula is C22H27FN2O4S. The Hall–Kier alpha value is -2.61. The van der Waals surface area contributed by atoms with Gasteiger partial charge in [0.25, 0.3) is 10.0 Å².